The van der Waals surface area contributed by atoms with Crippen LogP contribution >= 0.6 is 0 Å². The van der Waals surface area contributed by atoms with Gasteiger partial charge in [-0.2, -0.15) is 5.26 Å². The molecule has 6 heteroatoms. The second kappa shape index (κ2) is 7.79. The van der Waals surface area contributed by atoms with Crippen molar-refractivity contribution in [3.63, 3.8) is 0 Å². The van der Waals surface area contributed by atoms with Crippen molar-refractivity contribution < 1.29 is 14.7 Å². The highest BCUT2D eigenvalue weighted by Crippen LogP contribution is 2.09. The molecule has 2 amide bonds. The molecular weight excluding hydrogens is 258 g/mol. The summed E-state index contributed by atoms with van der Waals surface area (Å²) < 4.78 is 0. The lowest BCUT2D eigenvalue weighted by molar-refractivity contribution is -0.141. The normalized spacial score (nSPS) is 11.2. The van der Waals surface area contributed by atoms with Crippen LogP contribution in [0.25, 0.3) is 0 Å². The second-order valence-electron chi connectivity index (χ2n) is 4.31. The van der Waals surface area contributed by atoms with Crippen molar-refractivity contribution in [1.29, 1.82) is 5.26 Å². The number of nitrogens with zero attached hydrogens (tertiary/aromatic N) is 1. The molecule has 1 unspecified atom stereocenters. The summed E-state index contributed by atoms with van der Waals surface area (Å²) in [7, 11) is 0. The monoisotopic (exact) mass is 275 g/mol. The zero-order valence-corrected chi connectivity index (χ0v) is 11.2. The van der Waals surface area contributed by atoms with Crippen LogP contribution < -0.4 is 10.6 Å². The zero-order valence-electron chi connectivity index (χ0n) is 11.2. The highest BCUT2D eigenvalue weighted by Gasteiger charge is 2.15. The first-order valence-electron chi connectivity index (χ1n) is 6.30. The van der Waals surface area contributed by atoms with Crippen LogP contribution in [0.15, 0.2) is 24.3 Å². The molecule has 6 nitrogen and oxygen atoms in total. The summed E-state index contributed by atoms with van der Waals surface area (Å²) in [5.41, 5.74) is 1.46. The lowest BCUT2D eigenvalue weighted by atomic mass is 10.1. The van der Waals surface area contributed by atoms with Gasteiger partial charge in [-0.1, -0.05) is 19.1 Å². The van der Waals surface area contributed by atoms with Crippen LogP contribution in [0.1, 0.15) is 18.9 Å². The fraction of sp³-hybridized carbons (Fsp3) is 0.357. The number of anilines is 1. The van der Waals surface area contributed by atoms with Crippen molar-refractivity contribution in [2.75, 3.05) is 11.9 Å². The van der Waals surface area contributed by atoms with Crippen molar-refractivity contribution in [2.45, 2.75) is 19.8 Å². The number of carboxylic acid groups (broad SMARTS) is 1. The van der Waals surface area contributed by atoms with Gasteiger partial charge in [0.25, 0.3) is 0 Å². The van der Waals surface area contributed by atoms with Crippen LogP contribution in [0, 0.1) is 17.2 Å². The number of carbonyl (C=O) groups is 2. The van der Waals surface area contributed by atoms with Gasteiger partial charge in [0, 0.05) is 12.2 Å². The Bertz CT molecular complexity index is 505. The van der Waals surface area contributed by atoms with Gasteiger partial charge >= 0.3 is 12.0 Å². The number of amides is 2. The Hall–Kier alpha value is -2.55. The Morgan fingerprint density at radius 2 is 2.00 bits per heavy atom. The third kappa shape index (κ3) is 4.98. The zero-order chi connectivity index (χ0) is 15.0. The quantitative estimate of drug-likeness (QED) is 0.738. The highest BCUT2D eigenvalue weighted by atomic mass is 16.4. The summed E-state index contributed by atoms with van der Waals surface area (Å²) in [6.07, 6.45) is 0.780. The maximum Gasteiger partial charge on any atom is 0.319 e. The topological polar surface area (TPSA) is 102 Å². The first-order chi connectivity index (χ1) is 9.56. The first-order valence-corrected chi connectivity index (χ1v) is 6.30. The van der Waals surface area contributed by atoms with Gasteiger partial charge < -0.3 is 15.7 Å². The SMILES string of the molecule is CCC(CNC(=O)Nc1ccc(CC#N)cc1)C(=O)O. The average Bonchev–Trinajstić information content (AvgIpc) is 2.41. The van der Waals surface area contributed by atoms with Crippen LogP contribution in [-0.2, 0) is 11.2 Å². The number of aliphatic carboxylic acids is 1. The molecule has 0 radical (unpaired) electrons. The van der Waals surface area contributed by atoms with E-state index < -0.39 is 17.9 Å². The Balaban J connectivity index is 2.46. The van der Waals surface area contributed by atoms with E-state index >= 15 is 0 Å². The smallest absolute Gasteiger partial charge is 0.319 e. The summed E-state index contributed by atoms with van der Waals surface area (Å²) >= 11 is 0. The molecule has 1 rings (SSSR count). The predicted molar refractivity (Wildman–Crippen MR) is 74.2 cm³/mol. The molecule has 0 spiro atoms. The van der Waals surface area contributed by atoms with Gasteiger partial charge in [0.2, 0.25) is 0 Å². The summed E-state index contributed by atoms with van der Waals surface area (Å²) in [5.74, 6) is -1.51. The Labute approximate surface area is 117 Å². The minimum absolute atomic E-state index is 0.0875. The van der Waals surface area contributed by atoms with Gasteiger partial charge in [-0.25, -0.2) is 4.79 Å². The number of rotatable bonds is 6. The first kappa shape index (κ1) is 15.5. The molecular formula is C14H17N3O3. The molecule has 106 valence electrons. The largest absolute Gasteiger partial charge is 0.481 e. The Kier molecular flexibility index (Phi) is 6.04. The van der Waals surface area contributed by atoms with Gasteiger partial charge in [0.05, 0.1) is 18.4 Å². The standard InChI is InChI=1S/C14H17N3O3/c1-2-11(13(18)19)9-16-14(20)17-12-5-3-10(4-6-12)7-8-15/h3-6,11H,2,7,9H2,1H3,(H,18,19)(H2,16,17,20). The maximum atomic E-state index is 11.6. The maximum absolute atomic E-state index is 11.6. The molecule has 3 N–H and O–H groups in total. The third-order valence-corrected chi connectivity index (χ3v) is 2.85. The Morgan fingerprint density at radius 1 is 1.35 bits per heavy atom. The third-order valence-electron chi connectivity index (χ3n) is 2.85. The second-order valence-corrected chi connectivity index (χ2v) is 4.31. The van der Waals surface area contributed by atoms with Crippen LogP contribution in [0.3, 0.4) is 0 Å². The molecule has 1 atom stereocenters. The molecule has 0 saturated carbocycles. The van der Waals surface area contributed by atoms with Crippen molar-refractivity contribution in [3.05, 3.63) is 29.8 Å². The van der Waals surface area contributed by atoms with E-state index in [0.29, 0.717) is 18.5 Å². The van der Waals surface area contributed by atoms with Gasteiger partial charge in [-0.15, -0.1) is 0 Å². The van der Waals surface area contributed by atoms with Crippen molar-refractivity contribution in [3.8, 4) is 6.07 Å². The van der Waals surface area contributed by atoms with E-state index in [9.17, 15) is 9.59 Å². The summed E-state index contributed by atoms with van der Waals surface area (Å²) in [6.45, 7) is 1.84. The van der Waals surface area contributed by atoms with Crippen LogP contribution in [-0.4, -0.2) is 23.7 Å². The van der Waals surface area contributed by atoms with E-state index in [1.165, 1.54) is 0 Å². The van der Waals surface area contributed by atoms with Crippen LogP contribution in [0.5, 0.6) is 0 Å². The minimum atomic E-state index is -0.923. The predicted octanol–water partition coefficient (Wildman–Crippen LogP) is 1.98. The van der Waals surface area contributed by atoms with Gasteiger partial charge in [0.15, 0.2) is 0 Å². The molecule has 0 aromatic heterocycles. The fourth-order valence-electron chi connectivity index (χ4n) is 1.59. The van der Waals surface area contributed by atoms with E-state index in [4.69, 9.17) is 10.4 Å². The molecule has 20 heavy (non-hydrogen) atoms. The molecule has 0 saturated heterocycles. The van der Waals surface area contributed by atoms with Gasteiger partial charge in [-0.3, -0.25) is 4.79 Å². The number of urea groups is 1. The summed E-state index contributed by atoms with van der Waals surface area (Å²) in [4.78, 5) is 22.4. The molecule has 0 heterocycles. The molecule has 0 fully saturated rings. The van der Waals surface area contributed by atoms with E-state index in [0.717, 1.165) is 5.56 Å². The van der Waals surface area contributed by atoms with Crippen LogP contribution in [0.4, 0.5) is 10.5 Å². The van der Waals surface area contributed by atoms with E-state index in [-0.39, 0.29) is 6.54 Å². The number of carboxylic acids is 1. The molecule has 0 bridgehead atoms. The molecule has 1 aromatic carbocycles. The number of carbonyl (C=O) groups excluding carboxylic acids is 1. The molecule has 1 aromatic rings. The van der Waals surface area contributed by atoms with Crippen LogP contribution in [0.2, 0.25) is 0 Å². The van der Waals surface area contributed by atoms with E-state index in [1.807, 2.05) is 6.07 Å². The molecule has 0 aliphatic heterocycles. The minimum Gasteiger partial charge on any atom is -0.481 e. The number of hydrogen-bond acceptors (Lipinski definition) is 3. The summed E-state index contributed by atoms with van der Waals surface area (Å²) in [5, 5.41) is 22.5. The average molecular weight is 275 g/mol. The summed E-state index contributed by atoms with van der Waals surface area (Å²) in [6, 6.07) is 8.49. The molecule has 0 aliphatic carbocycles. The lowest BCUT2D eigenvalue weighted by Crippen LogP contribution is -2.35. The van der Waals surface area contributed by atoms with Crippen molar-refractivity contribution >= 4 is 17.7 Å². The highest BCUT2D eigenvalue weighted by molar-refractivity contribution is 5.89. The van der Waals surface area contributed by atoms with E-state index in [1.54, 1.807) is 31.2 Å². The fourth-order valence-corrected chi connectivity index (χ4v) is 1.59. The van der Waals surface area contributed by atoms with E-state index in [2.05, 4.69) is 10.6 Å². The molecule has 0 aliphatic rings. The number of benzene rings is 1. The van der Waals surface area contributed by atoms with Crippen molar-refractivity contribution in [1.82, 2.24) is 5.32 Å². The number of nitrogens with one attached hydrogen (secondary N) is 2. The van der Waals surface area contributed by atoms with Gasteiger partial charge in [-0.05, 0) is 24.1 Å². The van der Waals surface area contributed by atoms with Gasteiger partial charge in [0.1, 0.15) is 0 Å². The van der Waals surface area contributed by atoms with Crippen molar-refractivity contribution in [2.24, 2.45) is 5.92 Å². The Morgan fingerprint density at radius 3 is 2.50 bits per heavy atom. The number of nitriles is 1. The number of hydrogen-bond donors (Lipinski definition) is 3. The lowest BCUT2D eigenvalue weighted by Gasteiger charge is -2.12.